The Kier molecular flexibility index (Phi) is 13.0. The van der Waals surface area contributed by atoms with Crippen molar-refractivity contribution in [1.82, 2.24) is 9.80 Å². The molecule has 0 aromatic heterocycles. The van der Waals surface area contributed by atoms with E-state index in [-0.39, 0.29) is 71.9 Å². The Labute approximate surface area is 269 Å². The van der Waals surface area contributed by atoms with Crippen molar-refractivity contribution in [1.29, 1.82) is 0 Å². The quantitative estimate of drug-likeness (QED) is 0.314. The first-order valence-corrected chi connectivity index (χ1v) is 13.8. The van der Waals surface area contributed by atoms with Gasteiger partial charge in [-0.3, -0.25) is 14.5 Å². The number of nitrogens with zero attached hydrogens (tertiary/aromatic N) is 2. The molecule has 10 heteroatoms. The standard InChI is InChI=1S/C32H37N3O6.Na.H/c1-23(2)20-41-26-13-14-28(27(19-26)32(38)39)33-29(36)21-40-22-30(37)34-15-17-35(18-16-34)31(24-9-5-3-6-10-24)25-11-7-4-8-12-25;;/h3-14,19,23,31H,15-18,20-22H2,1-2H3,(H,33,36)(H,38,39);;. The molecule has 218 valence electrons. The number of hydrogen-bond acceptors (Lipinski definition) is 6. The van der Waals surface area contributed by atoms with Gasteiger partial charge in [0.05, 0.1) is 23.9 Å². The third kappa shape index (κ3) is 9.40. The van der Waals surface area contributed by atoms with Gasteiger partial charge in [0.1, 0.15) is 19.0 Å². The monoisotopic (exact) mass is 583 g/mol. The van der Waals surface area contributed by atoms with Crippen molar-refractivity contribution < 1.29 is 29.0 Å². The van der Waals surface area contributed by atoms with E-state index in [9.17, 15) is 19.5 Å². The number of aromatic carboxylic acids is 1. The van der Waals surface area contributed by atoms with Crippen LogP contribution in [0.3, 0.4) is 0 Å². The summed E-state index contributed by atoms with van der Waals surface area (Å²) < 4.78 is 11.0. The zero-order valence-electron chi connectivity index (χ0n) is 23.5. The minimum absolute atomic E-state index is 0. The van der Waals surface area contributed by atoms with E-state index in [1.165, 1.54) is 23.3 Å². The van der Waals surface area contributed by atoms with Crippen molar-refractivity contribution in [3.05, 3.63) is 95.6 Å². The van der Waals surface area contributed by atoms with Crippen LogP contribution in [-0.2, 0) is 14.3 Å². The number of carbonyl (C=O) groups excluding carboxylic acids is 2. The van der Waals surface area contributed by atoms with Crippen LogP contribution < -0.4 is 10.1 Å². The van der Waals surface area contributed by atoms with Gasteiger partial charge in [-0.05, 0) is 35.2 Å². The number of carboxylic acids is 1. The van der Waals surface area contributed by atoms with Gasteiger partial charge in [-0.25, -0.2) is 4.79 Å². The second-order valence-corrected chi connectivity index (χ2v) is 10.4. The number of nitrogens with one attached hydrogen (secondary N) is 1. The second-order valence-electron chi connectivity index (χ2n) is 10.4. The van der Waals surface area contributed by atoms with Gasteiger partial charge < -0.3 is 24.8 Å². The molecule has 3 aromatic carbocycles. The molecule has 0 saturated carbocycles. The molecule has 0 bridgehead atoms. The molecule has 42 heavy (non-hydrogen) atoms. The van der Waals surface area contributed by atoms with Gasteiger partial charge in [-0.15, -0.1) is 0 Å². The Morgan fingerprint density at radius 1 is 0.857 bits per heavy atom. The third-order valence-electron chi connectivity index (χ3n) is 6.80. The van der Waals surface area contributed by atoms with Crippen LogP contribution in [0.25, 0.3) is 0 Å². The Morgan fingerprint density at radius 3 is 2.00 bits per heavy atom. The van der Waals surface area contributed by atoms with Crippen molar-refractivity contribution in [2.24, 2.45) is 5.92 Å². The molecule has 0 aliphatic carbocycles. The summed E-state index contributed by atoms with van der Waals surface area (Å²) in [6.45, 7) is 6.33. The maximum absolute atomic E-state index is 12.8. The van der Waals surface area contributed by atoms with E-state index in [4.69, 9.17) is 9.47 Å². The first kappa shape index (κ1) is 33.3. The number of benzene rings is 3. The van der Waals surface area contributed by atoms with Crippen LogP contribution in [0.2, 0.25) is 0 Å². The summed E-state index contributed by atoms with van der Waals surface area (Å²) in [7, 11) is 0. The predicted molar refractivity (Wildman–Crippen MR) is 163 cm³/mol. The van der Waals surface area contributed by atoms with Crippen molar-refractivity contribution in [3.8, 4) is 5.75 Å². The summed E-state index contributed by atoms with van der Waals surface area (Å²) in [6, 6.07) is 25.3. The Hall–Kier alpha value is -3.21. The predicted octanol–water partition coefficient (Wildman–Crippen LogP) is 3.66. The molecule has 1 fully saturated rings. The molecule has 1 aliphatic rings. The number of rotatable bonds is 12. The number of piperazine rings is 1. The van der Waals surface area contributed by atoms with Gasteiger partial charge in [0.25, 0.3) is 0 Å². The summed E-state index contributed by atoms with van der Waals surface area (Å²) in [4.78, 5) is 41.1. The zero-order chi connectivity index (χ0) is 29.2. The van der Waals surface area contributed by atoms with Gasteiger partial charge in [0, 0.05) is 26.2 Å². The summed E-state index contributed by atoms with van der Waals surface area (Å²) in [5, 5.41) is 12.1. The van der Waals surface area contributed by atoms with Gasteiger partial charge in [-0.2, -0.15) is 0 Å². The number of anilines is 1. The number of ether oxygens (including phenoxy) is 2. The molecule has 3 aromatic rings. The van der Waals surface area contributed by atoms with E-state index in [1.54, 1.807) is 11.0 Å². The molecule has 4 rings (SSSR count). The number of carboxylic acid groups (broad SMARTS) is 1. The van der Waals surface area contributed by atoms with Crippen LogP contribution in [-0.4, -0.2) is 108 Å². The molecular weight excluding hydrogens is 545 g/mol. The van der Waals surface area contributed by atoms with Gasteiger partial charge >= 0.3 is 35.5 Å². The molecule has 0 radical (unpaired) electrons. The van der Waals surface area contributed by atoms with Crippen LogP contribution in [0.1, 0.15) is 41.4 Å². The summed E-state index contributed by atoms with van der Waals surface area (Å²) in [5.74, 6) is -1.23. The van der Waals surface area contributed by atoms with Crippen LogP contribution >= 0.6 is 0 Å². The Balaban J connectivity index is 0.00000484. The van der Waals surface area contributed by atoms with Crippen LogP contribution in [0.15, 0.2) is 78.9 Å². The van der Waals surface area contributed by atoms with E-state index in [1.807, 2.05) is 50.2 Å². The normalized spacial score (nSPS) is 13.5. The first-order valence-electron chi connectivity index (χ1n) is 13.8. The molecule has 9 nitrogen and oxygen atoms in total. The average Bonchev–Trinajstić information content (AvgIpc) is 2.98. The van der Waals surface area contributed by atoms with Gasteiger partial charge in [0.2, 0.25) is 11.8 Å². The van der Waals surface area contributed by atoms with E-state index >= 15 is 0 Å². The fourth-order valence-electron chi connectivity index (χ4n) is 4.78. The topological polar surface area (TPSA) is 108 Å². The second kappa shape index (κ2) is 16.4. The first-order chi connectivity index (χ1) is 19.8. The fourth-order valence-corrected chi connectivity index (χ4v) is 4.78. The van der Waals surface area contributed by atoms with Crippen LogP contribution in [0.5, 0.6) is 5.75 Å². The molecule has 1 aliphatic heterocycles. The summed E-state index contributed by atoms with van der Waals surface area (Å²) in [5.41, 5.74) is 2.46. The summed E-state index contributed by atoms with van der Waals surface area (Å²) in [6.07, 6.45) is 0. The van der Waals surface area contributed by atoms with Crippen LogP contribution in [0, 0.1) is 5.92 Å². The van der Waals surface area contributed by atoms with Crippen molar-refractivity contribution >= 4 is 53.0 Å². The molecule has 0 spiro atoms. The van der Waals surface area contributed by atoms with Crippen molar-refractivity contribution in [3.63, 3.8) is 0 Å². The molecule has 1 saturated heterocycles. The number of carbonyl (C=O) groups is 3. The number of amides is 2. The van der Waals surface area contributed by atoms with E-state index in [2.05, 4.69) is 34.5 Å². The molecular formula is C32H38N3NaO6. The number of hydrogen-bond donors (Lipinski definition) is 2. The van der Waals surface area contributed by atoms with E-state index < -0.39 is 11.9 Å². The molecule has 2 amide bonds. The van der Waals surface area contributed by atoms with Gasteiger partial charge in [-0.1, -0.05) is 74.5 Å². The molecule has 1 heterocycles. The van der Waals surface area contributed by atoms with Crippen LogP contribution in [0.4, 0.5) is 5.69 Å². The molecule has 0 atom stereocenters. The van der Waals surface area contributed by atoms with E-state index in [0.29, 0.717) is 38.5 Å². The minimum atomic E-state index is -1.19. The molecule has 2 N–H and O–H groups in total. The molecule has 0 unspecified atom stereocenters. The Bertz CT molecular complexity index is 1270. The van der Waals surface area contributed by atoms with Gasteiger partial charge in [0.15, 0.2) is 0 Å². The van der Waals surface area contributed by atoms with Crippen molar-refractivity contribution in [2.45, 2.75) is 19.9 Å². The Morgan fingerprint density at radius 2 is 1.45 bits per heavy atom. The van der Waals surface area contributed by atoms with Crippen molar-refractivity contribution in [2.75, 3.05) is 51.3 Å². The maximum atomic E-state index is 12.8. The SMILES string of the molecule is CC(C)COc1ccc(NC(=O)COCC(=O)N2CCN(C(c3ccccc3)c3ccccc3)CC2)c(C(=O)O)c1.[NaH]. The summed E-state index contributed by atoms with van der Waals surface area (Å²) >= 11 is 0. The van der Waals surface area contributed by atoms with E-state index in [0.717, 1.165) is 0 Å². The fraction of sp³-hybridized carbons (Fsp3) is 0.344. The average molecular weight is 584 g/mol. The zero-order valence-corrected chi connectivity index (χ0v) is 23.5. The third-order valence-corrected chi connectivity index (χ3v) is 6.80.